The van der Waals surface area contributed by atoms with Crippen LogP contribution in [0.5, 0.6) is 0 Å². The van der Waals surface area contributed by atoms with Crippen molar-refractivity contribution in [2.75, 3.05) is 7.05 Å². The molecule has 0 bridgehead atoms. The molecule has 2 nitrogen and oxygen atoms in total. The Kier molecular flexibility index (Phi) is 2.76. The molecule has 0 unspecified atom stereocenters. The van der Waals surface area contributed by atoms with E-state index >= 15 is 0 Å². The maximum atomic E-state index is 11.6. The summed E-state index contributed by atoms with van der Waals surface area (Å²) >= 11 is 0. The van der Waals surface area contributed by atoms with Crippen molar-refractivity contribution in [2.24, 2.45) is 0 Å². The number of hydrogen-bond donors (Lipinski definition) is 0. The molecule has 1 aromatic carbocycles. The average molecular weight is 203 g/mol. The lowest BCUT2D eigenvalue weighted by Gasteiger charge is -2.23. The van der Waals surface area contributed by atoms with Crippen LogP contribution in [0.3, 0.4) is 0 Å². The maximum Gasteiger partial charge on any atom is 0.222 e. The molecule has 2 rings (SSSR count). The molecule has 2 heteroatoms. The van der Waals surface area contributed by atoms with Gasteiger partial charge in [0.05, 0.1) is 0 Å². The number of nitrogens with zero attached hydrogens (tertiary/aromatic N) is 1. The third kappa shape index (κ3) is 1.89. The van der Waals surface area contributed by atoms with Crippen LogP contribution in [0.4, 0.5) is 0 Å². The Bertz CT molecular complexity index is 348. The number of carbonyl (C=O) groups excluding carboxylic acids is 1. The zero-order chi connectivity index (χ0) is 10.8. The number of hydrogen-bond acceptors (Lipinski definition) is 1. The lowest BCUT2D eigenvalue weighted by Crippen LogP contribution is -2.37. The molecule has 0 radical (unpaired) electrons. The van der Waals surface area contributed by atoms with E-state index in [0.29, 0.717) is 12.5 Å². The predicted octanol–water partition coefficient (Wildman–Crippen LogP) is 2.02. The van der Waals surface area contributed by atoms with E-state index < -0.39 is 0 Å². The quantitative estimate of drug-likeness (QED) is 0.720. The Balaban J connectivity index is 2.10. The number of carbonyl (C=O) groups is 1. The number of benzene rings is 1. The Morgan fingerprint density at radius 2 is 1.87 bits per heavy atom. The number of rotatable bonds is 2. The molecule has 0 fully saturated rings. The third-order valence-corrected chi connectivity index (χ3v) is 3.27. The van der Waals surface area contributed by atoms with Crippen molar-refractivity contribution in [1.29, 1.82) is 0 Å². The molecule has 1 aliphatic rings. The summed E-state index contributed by atoms with van der Waals surface area (Å²) in [6.45, 7) is 1.92. The van der Waals surface area contributed by atoms with Crippen molar-refractivity contribution in [3.63, 3.8) is 0 Å². The second-order valence-electron chi connectivity index (χ2n) is 4.19. The van der Waals surface area contributed by atoms with Gasteiger partial charge in [-0.2, -0.15) is 0 Å². The second-order valence-corrected chi connectivity index (χ2v) is 4.19. The molecule has 15 heavy (non-hydrogen) atoms. The molecule has 1 aromatic rings. The molecule has 0 saturated heterocycles. The fourth-order valence-corrected chi connectivity index (χ4v) is 2.26. The van der Waals surface area contributed by atoms with Crippen molar-refractivity contribution in [1.82, 2.24) is 4.90 Å². The van der Waals surface area contributed by atoms with Gasteiger partial charge >= 0.3 is 0 Å². The molecule has 0 heterocycles. The van der Waals surface area contributed by atoms with E-state index in [-0.39, 0.29) is 5.91 Å². The zero-order valence-electron chi connectivity index (χ0n) is 9.36. The molecular formula is C13H17NO. The summed E-state index contributed by atoms with van der Waals surface area (Å²) in [5.74, 6) is 0.243. The fraction of sp³-hybridized carbons (Fsp3) is 0.462. The molecule has 0 atom stereocenters. The largest absolute Gasteiger partial charge is 0.342 e. The summed E-state index contributed by atoms with van der Waals surface area (Å²) in [5, 5.41) is 0. The topological polar surface area (TPSA) is 20.3 Å². The van der Waals surface area contributed by atoms with Crippen molar-refractivity contribution < 1.29 is 4.79 Å². The molecule has 1 amide bonds. The standard InChI is InChI=1S/C13H17NO/c1-3-13(15)14(2)12-8-10-6-4-5-7-11(10)9-12/h4-7,12H,3,8-9H2,1-2H3. The average Bonchev–Trinajstić information content (AvgIpc) is 2.70. The Morgan fingerprint density at radius 3 is 2.33 bits per heavy atom. The first-order valence-corrected chi connectivity index (χ1v) is 5.54. The monoisotopic (exact) mass is 203 g/mol. The van der Waals surface area contributed by atoms with Crippen LogP contribution in [-0.4, -0.2) is 23.9 Å². The number of amides is 1. The molecule has 0 saturated carbocycles. The van der Waals surface area contributed by atoms with E-state index in [0.717, 1.165) is 12.8 Å². The maximum absolute atomic E-state index is 11.6. The summed E-state index contributed by atoms with van der Waals surface area (Å²) < 4.78 is 0. The first-order valence-electron chi connectivity index (χ1n) is 5.54. The van der Waals surface area contributed by atoms with Gasteiger partial charge < -0.3 is 4.90 Å². The van der Waals surface area contributed by atoms with Crippen LogP contribution in [0, 0.1) is 0 Å². The minimum absolute atomic E-state index is 0.243. The summed E-state index contributed by atoms with van der Waals surface area (Å²) in [6, 6.07) is 8.85. The van der Waals surface area contributed by atoms with Crippen LogP contribution in [0.1, 0.15) is 24.5 Å². The smallest absolute Gasteiger partial charge is 0.222 e. The Morgan fingerprint density at radius 1 is 1.33 bits per heavy atom. The fourth-order valence-electron chi connectivity index (χ4n) is 2.26. The van der Waals surface area contributed by atoms with Gasteiger partial charge in [-0.1, -0.05) is 31.2 Å². The zero-order valence-corrected chi connectivity index (χ0v) is 9.36. The van der Waals surface area contributed by atoms with Crippen LogP contribution >= 0.6 is 0 Å². The minimum atomic E-state index is 0.243. The predicted molar refractivity (Wildman–Crippen MR) is 60.7 cm³/mol. The highest BCUT2D eigenvalue weighted by Crippen LogP contribution is 2.24. The summed E-state index contributed by atoms with van der Waals surface area (Å²) in [5.41, 5.74) is 2.80. The molecule has 0 aliphatic heterocycles. The lowest BCUT2D eigenvalue weighted by atomic mass is 10.1. The van der Waals surface area contributed by atoms with Gasteiger partial charge in [0.25, 0.3) is 0 Å². The van der Waals surface area contributed by atoms with E-state index in [1.54, 1.807) is 0 Å². The SMILES string of the molecule is CCC(=O)N(C)C1Cc2ccccc2C1. The summed E-state index contributed by atoms with van der Waals surface area (Å²) in [4.78, 5) is 13.5. The second kappa shape index (κ2) is 4.05. The van der Waals surface area contributed by atoms with Crippen LogP contribution < -0.4 is 0 Å². The van der Waals surface area contributed by atoms with Crippen molar-refractivity contribution in [3.8, 4) is 0 Å². The van der Waals surface area contributed by atoms with Gasteiger partial charge in [0.15, 0.2) is 0 Å². The van der Waals surface area contributed by atoms with Gasteiger partial charge in [0, 0.05) is 19.5 Å². The molecule has 0 spiro atoms. The van der Waals surface area contributed by atoms with Gasteiger partial charge in [-0.15, -0.1) is 0 Å². The van der Waals surface area contributed by atoms with Crippen LogP contribution in [0.25, 0.3) is 0 Å². The molecular weight excluding hydrogens is 186 g/mol. The minimum Gasteiger partial charge on any atom is -0.342 e. The third-order valence-electron chi connectivity index (χ3n) is 3.27. The Hall–Kier alpha value is -1.31. The van der Waals surface area contributed by atoms with Crippen molar-refractivity contribution >= 4 is 5.91 Å². The molecule has 80 valence electrons. The van der Waals surface area contributed by atoms with Crippen LogP contribution in [0.15, 0.2) is 24.3 Å². The van der Waals surface area contributed by atoms with Crippen molar-refractivity contribution in [2.45, 2.75) is 32.2 Å². The summed E-state index contributed by atoms with van der Waals surface area (Å²) in [7, 11) is 1.92. The first kappa shape index (κ1) is 10.2. The van der Waals surface area contributed by atoms with Gasteiger partial charge in [0.2, 0.25) is 5.91 Å². The highest BCUT2D eigenvalue weighted by atomic mass is 16.2. The van der Waals surface area contributed by atoms with E-state index in [4.69, 9.17) is 0 Å². The molecule has 0 aromatic heterocycles. The molecule has 0 N–H and O–H groups in total. The van der Waals surface area contributed by atoms with Crippen molar-refractivity contribution in [3.05, 3.63) is 35.4 Å². The number of likely N-dealkylation sites (N-methyl/N-ethyl adjacent to an activating group) is 1. The van der Waals surface area contributed by atoms with E-state index in [9.17, 15) is 4.79 Å². The summed E-state index contributed by atoms with van der Waals surface area (Å²) in [6.07, 6.45) is 2.63. The van der Waals surface area contributed by atoms with Gasteiger partial charge in [-0.25, -0.2) is 0 Å². The van der Waals surface area contributed by atoms with Gasteiger partial charge in [0.1, 0.15) is 0 Å². The van der Waals surface area contributed by atoms with Gasteiger partial charge in [-0.3, -0.25) is 4.79 Å². The lowest BCUT2D eigenvalue weighted by molar-refractivity contribution is -0.131. The van der Waals surface area contributed by atoms with Crippen LogP contribution in [0.2, 0.25) is 0 Å². The first-order chi connectivity index (χ1) is 7.22. The number of fused-ring (bicyclic) bond motifs is 1. The van der Waals surface area contributed by atoms with E-state index in [2.05, 4.69) is 24.3 Å². The van der Waals surface area contributed by atoms with E-state index in [1.807, 2.05) is 18.9 Å². The highest BCUT2D eigenvalue weighted by Gasteiger charge is 2.26. The molecule has 1 aliphatic carbocycles. The Labute approximate surface area is 90.9 Å². The normalized spacial score (nSPS) is 15.1. The highest BCUT2D eigenvalue weighted by molar-refractivity contribution is 5.76. The van der Waals surface area contributed by atoms with Crippen LogP contribution in [-0.2, 0) is 17.6 Å². The van der Waals surface area contributed by atoms with Gasteiger partial charge in [-0.05, 0) is 24.0 Å². The van der Waals surface area contributed by atoms with E-state index in [1.165, 1.54) is 11.1 Å².